The second-order valence-corrected chi connectivity index (χ2v) is 5.14. The summed E-state index contributed by atoms with van der Waals surface area (Å²) in [4.78, 5) is 11.3. The number of aliphatic hydroxyl groups excluding tert-OH is 1. The molecule has 0 radical (unpaired) electrons. The zero-order valence-electron chi connectivity index (χ0n) is 10.4. The Balaban J connectivity index is 2.68. The van der Waals surface area contributed by atoms with Crippen molar-refractivity contribution in [2.45, 2.75) is 58.5 Å². The van der Waals surface area contributed by atoms with Crippen molar-refractivity contribution in [3.63, 3.8) is 0 Å². The van der Waals surface area contributed by atoms with Gasteiger partial charge in [-0.3, -0.25) is 4.79 Å². The normalized spacial score (nSPS) is 23.7. The molecule has 0 aromatic rings. The highest BCUT2D eigenvalue weighted by atomic mass is 16.4. The van der Waals surface area contributed by atoms with Crippen LogP contribution in [0.15, 0.2) is 0 Å². The Morgan fingerprint density at radius 3 is 2.31 bits per heavy atom. The summed E-state index contributed by atoms with van der Waals surface area (Å²) >= 11 is 0. The van der Waals surface area contributed by atoms with Crippen LogP contribution in [0.25, 0.3) is 0 Å². The summed E-state index contributed by atoms with van der Waals surface area (Å²) in [5, 5.41) is 19.4. The van der Waals surface area contributed by atoms with Gasteiger partial charge in [-0.05, 0) is 24.7 Å². The van der Waals surface area contributed by atoms with E-state index in [1.165, 1.54) is 6.42 Å². The highest BCUT2D eigenvalue weighted by Gasteiger charge is 2.37. The van der Waals surface area contributed by atoms with Crippen LogP contribution >= 0.6 is 0 Å². The predicted molar refractivity (Wildman–Crippen MR) is 63.2 cm³/mol. The third-order valence-corrected chi connectivity index (χ3v) is 4.04. The molecule has 3 atom stereocenters. The molecule has 1 saturated carbocycles. The Morgan fingerprint density at radius 2 is 1.88 bits per heavy atom. The van der Waals surface area contributed by atoms with Crippen LogP contribution in [-0.4, -0.2) is 22.3 Å². The highest BCUT2D eigenvalue weighted by Crippen LogP contribution is 2.34. The molecule has 1 aliphatic rings. The van der Waals surface area contributed by atoms with E-state index in [-0.39, 0.29) is 11.8 Å². The largest absolute Gasteiger partial charge is 0.481 e. The molecule has 0 amide bonds. The van der Waals surface area contributed by atoms with Crippen LogP contribution in [0.2, 0.25) is 0 Å². The summed E-state index contributed by atoms with van der Waals surface area (Å²) in [5.41, 5.74) is 0. The lowest BCUT2D eigenvalue weighted by Crippen LogP contribution is -2.39. The Kier molecular flexibility index (Phi) is 5.26. The highest BCUT2D eigenvalue weighted by molar-refractivity contribution is 5.71. The fourth-order valence-corrected chi connectivity index (χ4v) is 2.72. The number of carbonyl (C=O) groups is 1. The second kappa shape index (κ2) is 6.24. The first-order valence-electron chi connectivity index (χ1n) is 6.48. The van der Waals surface area contributed by atoms with E-state index in [9.17, 15) is 15.0 Å². The fraction of sp³-hybridized carbons (Fsp3) is 0.923. The fourth-order valence-electron chi connectivity index (χ4n) is 2.72. The molecule has 0 aliphatic heterocycles. The number of hydrogen-bond acceptors (Lipinski definition) is 2. The zero-order valence-corrected chi connectivity index (χ0v) is 10.4. The third-order valence-electron chi connectivity index (χ3n) is 4.04. The van der Waals surface area contributed by atoms with Gasteiger partial charge in [-0.15, -0.1) is 0 Å². The SMILES string of the molecule is CC[C@H](C)[C@@H](O)[C@H](C(=O)O)C1CCCCC1. The lowest BCUT2D eigenvalue weighted by Gasteiger charge is -2.33. The van der Waals surface area contributed by atoms with Crippen LogP contribution in [0.1, 0.15) is 52.4 Å². The lowest BCUT2D eigenvalue weighted by atomic mass is 9.74. The molecule has 16 heavy (non-hydrogen) atoms. The van der Waals surface area contributed by atoms with Crippen molar-refractivity contribution in [3.8, 4) is 0 Å². The maximum absolute atomic E-state index is 11.3. The molecule has 2 N–H and O–H groups in total. The van der Waals surface area contributed by atoms with Crippen LogP contribution in [0.3, 0.4) is 0 Å². The molecule has 1 fully saturated rings. The van der Waals surface area contributed by atoms with E-state index in [0.29, 0.717) is 0 Å². The van der Waals surface area contributed by atoms with Crippen molar-refractivity contribution in [1.29, 1.82) is 0 Å². The molecule has 0 bridgehead atoms. The molecule has 3 heteroatoms. The molecule has 94 valence electrons. The minimum absolute atomic E-state index is 0.0722. The van der Waals surface area contributed by atoms with Crippen molar-refractivity contribution >= 4 is 5.97 Å². The van der Waals surface area contributed by atoms with Crippen molar-refractivity contribution in [1.82, 2.24) is 0 Å². The van der Waals surface area contributed by atoms with E-state index in [1.54, 1.807) is 0 Å². The van der Waals surface area contributed by atoms with Crippen molar-refractivity contribution < 1.29 is 15.0 Å². The molecule has 0 unspecified atom stereocenters. The van der Waals surface area contributed by atoms with Gasteiger partial charge in [0.2, 0.25) is 0 Å². The number of aliphatic carboxylic acids is 1. The van der Waals surface area contributed by atoms with Gasteiger partial charge in [0.15, 0.2) is 0 Å². The standard InChI is InChI=1S/C13H24O3/c1-3-9(2)12(14)11(13(15)16)10-7-5-4-6-8-10/h9-12,14H,3-8H2,1-2H3,(H,15,16)/t9-,11+,12+/m0/s1. The molecule has 0 spiro atoms. The molecular formula is C13H24O3. The van der Waals surface area contributed by atoms with Gasteiger partial charge in [-0.1, -0.05) is 39.5 Å². The van der Waals surface area contributed by atoms with Gasteiger partial charge >= 0.3 is 5.97 Å². The lowest BCUT2D eigenvalue weighted by molar-refractivity contribution is -0.151. The predicted octanol–water partition coefficient (Wildman–Crippen LogP) is 2.67. The maximum atomic E-state index is 11.3. The smallest absolute Gasteiger partial charge is 0.309 e. The Morgan fingerprint density at radius 1 is 1.31 bits per heavy atom. The number of carboxylic acid groups (broad SMARTS) is 1. The van der Waals surface area contributed by atoms with Gasteiger partial charge < -0.3 is 10.2 Å². The van der Waals surface area contributed by atoms with Gasteiger partial charge in [0.1, 0.15) is 0 Å². The maximum Gasteiger partial charge on any atom is 0.309 e. The molecule has 0 saturated heterocycles. The quantitative estimate of drug-likeness (QED) is 0.760. The van der Waals surface area contributed by atoms with E-state index in [2.05, 4.69) is 0 Å². The molecule has 1 aliphatic carbocycles. The van der Waals surface area contributed by atoms with Gasteiger partial charge in [0.25, 0.3) is 0 Å². The molecular weight excluding hydrogens is 204 g/mol. The summed E-state index contributed by atoms with van der Waals surface area (Å²) in [5.74, 6) is -1.13. The topological polar surface area (TPSA) is 57.5 Å². The first-order valence-corrected chi connectivity index (χ1v) is 6.48. The number of hydrogen-bond donors (Lipinski definition) is 2. The third kappa shape index (κ3) is 3.21. The molecule has 3 nitrogen and oxygen atoms in total. The minimum atomic E-state index is -0.820. The van der Waals surface area contributed by atoms with E-state index >= 15 is 0 Å². The molecule has 0 aromatic carbocycles. The molecule has 0 aromatic heterocycles. The summed E-state index contributed by atoms with van der Waals surface area (Å²) in [6.45, 7) is 3.93. The first-order chi connectivity index (χ1) is 7.57. The average Bonchev–Trinajstić information content (AvgIpc) is 2.29. The monoisotopic (exact) mass is 228 g/mol. The molecule has 1 rings (SSSR count). The van der Waals surface area contributed by atoms with Crippen molar-refractivity contribution in [2.75, 3.05) is 0 Å². The van der Waals surface area contributed by atoms with Crippen LogP contribution in [-0.2, 0) is 4.79 Å². The minimum Gasteiger partial charge on any atom is -0.481 e. The van der Waals surface area contributed by atoms with E-state index < -0.39 is 18.0 Å². The van der Waals surface area contributed by atoms with E-state index in [4.69, 9.17) is 0 Å². The van der Waals surface area contributed by atoms with Gasteiger partial charge in [0, 0.05) is 0 Å². The van der Waals surface area contributed by atoms with Gasteiger partial charge in [0.05, 0.1) is 12.0 Å². The Bertz CT molecular complexity index is 219. The second-order valence-electron chi connectivity index (χ2n) is 5.14. The first kappa shape index (κ1) is 13.5. The van der Waals surface area contributed by atoms with Crippen LogP contribution in [0, 0.1) is 17.8 Å². The number of rotatable bonds is 5. The average molecular weight is 228 g/mol. The van der Waals surface area contributed by atoms with Gasteiger partial charge in [-0.2, -0.15) is 0 Å². The van der Waals surface area contributed by atoms with Gasteiger partial charge in [-0.25, -0.2) is 0 Å². The zero-order chi connectivity index (χ0) is 12.1. The summed E-state index contributed by atoms with van der Waals surface area (Å²) in [6, 6.07) is 0. The van der Waals surface area contributed by atoms with Crippen LogP contribution in [0.5, 0.6) is 0 Å². The van der Waals surface area contributed by atoms with E-state index in [0.717, 1.165) is 32.1 Å². The van der Waals surface area contributed by atoms with Crippen molar-refractivity contribution in [3.05, 3.63) is 0 Å². The summed E-state index contributed by atoms with van der Waals surface area (Å²) in [7, 11) is 0. The number of carboxylic acids is 1. The molecule has 0 heterocycles. The summed E-state index contributed by atoms with van der Waals surface area (Å²) in [6.07, 6.45) is 5.50. The van der Waals surface area contributed by atoms with Crippen molar-refractivity contribution in [2.24, 2.45) is 17.8 Å². The Labute approximate surface area is 97.9 Å². The van der Waals surface area contributed by atoms with Crippen LogP contribution in [0.4, 0.5) is 0 Å². The van der Waals surface area contributed by atoms with Crippen LogP contribution < -0.4 is 0 Å². The van der Waals surface area contributed by atoms with E-state index in [1.807, 2.05) is 13.8 Å². The summed E-state index contributed by atoms with van der Waals surface area (Å²) < 4.78 is 0. The Hall–Kier alpha value is -0.570. The number of aliphatic hydroxyl groups is 1.